The summed E-state index contributed by atoms with van der Waals surface area (Å²) in [6, 6.07) is 16.3. The zero-order valence-corrected chi connectivity index (χ0v) is 17.5. The molecule has 32 heavy (non-hydrogen) atoms. The molecule has 5 nitrogen and oxygen atoms in total. The Hall–Kier alpha value is -3.13. The van der Waals surface area contributed by atoms with Gasteiger partial charge in [0, 0.05) is 5.02 Å². The van der Waals surface area contributed by atoms with E-state index in [0.29, 0.717) is 27.1 Å². The predicted octanol–water partition coefficient (Wildman–Crippen LogP) is 4.50. The molecular weight excluding hydrogens is 438 g/mol. The summed E-state index contributed by atoms with van der Waals surface area (Å²) in [6.45, 7) is -0.158. The molecule has 0 aliphatic carbocycles. The van der Waals surface area contributed by atoms with Crippen LogP contribution in [0.1, 0.15) is 17.2 Å². The van der Waals surface area contributed by atoms with Crippen molar-refractivity contribution in [2.75, 3.05) is 6.61 Å². The average molecular weight is 457 g/mol. The van der Waals surface area contributed by atoms with E-state index in [-0.39, 0.29) is 18.7 Å². The van der Waals surface area contributed by atoms with Gasteiger partial charge in [0.05, 0.1) is 36.5 Å². The van der Waals surface area contributed by atoms with Crippen LogP contribution in [-0.2, 0) is 11.3 Å². The fourth-order valence-corrected chi connectivity index (χ4v) is 3.57. The highest BCUT2D eigenvalue weighted by atomic mass is 35.5. The zero-order valence-electron chi connectivity index (χ0n) is 16.8. The highest BCUT2D eigenvalue weighted by Gasteiger charge is 2.18. The molecule has 1 heterocycles. The minimum Gasteiger partial charge on any atom is -0.389 e. The number of aromatic nitrogens is 2. The second-order valence-electron chi connectivity index (χ2n) is 7.33. The standard InChI is InChI=1S/C24H19ClF2N2O3/c25-17-5-10-21-22(11-17)28-14-29(24(21)31)12-20(30)13-32-23(15-1-6-18(26)7-2-15)16-3-8-19(27)9-4-16/h1-11,14,20,23,30H,12-13H2/t20-/m0/s1. The highest BCUT2D eigenvalue weighted by molar-refractivity contribution is 6.31. The SMILES string of the molecule is O=c1c2ccc(Cl)cc2ncn1C[C@H](O)COC(c1ccc(F)cc1)c1ccc(F)cc1. The van der Waals surface area contributed by atoms with Gasteiger partial charge in [-0.2, -0.15) is 0 Å². The molecule has 164 valence electrons. The number of halogens is 3. The van der Waals surface area contributed by atoms with Gasteiger partial charge in [-0.1, -0.05) is 35.9 Å². The van der Waals surface area contributed by atoms with E-state index < -0.39 is 23.8 Å². The third kappa shape index (κ3) is 5.02. The fraction of sp³-hybridized carbons (Fsp3) is 0.167. The molecule has 1 atom stereocenters. The molecule has 1 N–H and O–H groups in total. The van der Waals surface area contributed by atoms with Crippen LogP contribution < -0.4 is 5.56 Å². The lowest BCUT2D eigenvalue weighted by atomic mass is 10.0. The minimum absolute atomic E-state index is 0.0377. The van der Waals surface area contributed by atoms with Crippen molar-refractivity contribution in [2.24, 2.45) is 0 Å². The summed E-state index contributed by atoms with van der Waals surface area (Å²) < 4.78 is 33.9. The van der Waals surface area contributed by atoms with Gasteiger partial charge in [-0.05, 0) is 53.6 Å². The molecule has 0 aliphatic rings. The molecule has 0 aliphatic heterocycles. The molecule has 4 aromatic rings. The summed E-state index contributed by atoms with van der Waals surface area (Å²) in [7, 11) is 0. The van der Waals surface area contributed by atoms with E-state index in [1.807, 2.05) is 0 Å². The van der Waals surface area contributed by atoms with Gasteiger partial charge in [0.25, 0.3) is 5.56 Å². The Bertz CT molecular complexity index is 1230. The molecule has 0 amide bonds. The summed E-state index contributed by atoms with van der Waals surface area (Å²) >= 11 is 5.94. The first-order valence-electron chi connectivity index (χ1n) is 9.86. The maximum atomic E-state index is 13.4. The molecule has 3 aromatic carbocycles. The molecule has 0 spiro atoms. The number of aliphatic hydroxyl groups excluding tert-OH is 1. The lowest BCUT2D eigenvalue weighted by molar-refractivity contribution is -0.00103. The summed E-state index contributed by atoms with van der Waals surface area (Å²) in [5.41, 5.74) is 1.45. The number of benzene rings is 3. The number of aliphatic hydroxyl groups is 1. The molecule has 0 saturated carbocycles. The summed E-state index contributed by atoms with van der Waals surface area (Å²) in [4.78, 5) is 16.9. The maximum Gasteiger partial charge on any atom is 0.261 e. The Morgan fingerprint density at radius 1 is 0.969 bits per heavy atom. The van der Waals surface area contributed by atoms with Crippen molar-refractivity contribution in [3.8, 4) is 0 Å². The third-order valence-corrected chi connectivity index (χ3v) is 5.23. The number of hydrogen-bond acceptors (Lipinski definition) is 4. The van der Waals surface area contributed by atoms with Gasteiger partial charge < -0.3 is 9.84 Å². The predicted molar refractivity (Wildman–Crippen MR) is 118 cm³/mol. The number of hydrogen-bond donors (Lipinski definition) is 1. The molecule has 0 saturated heterocycles. The molecule has 0 fully saturated rings. The monoisotopic (exact) mass is 456 g/mol. The van der Waals surface area contributed by atoms with Crippen molar-refractivity contribution in [1.29, 1.82) is 0 Å². The van der Waals surface area contributed by atoms with Gasteiger partial charge in [0.2, 0.25) is 0 Å². The molecule has 0 unspecified atom stereocenters. The summed E-state index contributed by atoms with van der Waals surface area (Å²) in [5.74, 6) is -0.785. The van der Waals surface area contributed by atoms with Gasteiger partial charge in [-0.25, -0.2) is 13.8 Å². The average Bonchev–Trinajstić information content (AvgIpc) is 2.78. The van der Waals surface area contributed by atoms with Crippen LogP contribution in [0.4, 0.5) is 8.78 Å². The van der Waals surface area contributed by atoms with Gasteiger partial charge in [0.1, 0.15) is 17.7 Å². The van der Waals surface area contributed by atoms with Crippen molar-refractivity contribution in [3.63, 3.8) is 0 Å². The highest BCUT2D eigenvalue weighted by Crippen LogP contribution is 2.27. The van der Waals surface area contributed by atoms with Crippen LogP contribution in [0.3, 0.4) is 0 Å². The van der Waals surface area contributed by atoms with Crippen LogP contribution in [0.2, 0.25) is 5.02 Å². The molecule has 1 aromatic heterocycles. The van der Waals surface area contributed by atoms with Crippen molar-refractivity contribution in [3.05, 3.63) is 111 Å². The molecule has 4 rings (SSSR count). The van der Waals surface area contributed by atoms with Crippen LogP contribution in [0.15, 0.2) is 77.9 Å². The summed E-state index contributed by atoms with van der Waals surface area (Å²) in [6.07, 6.45) is -0.330. The smallest absolute Gasteiger partial charge is 0.261 e. The van der Waals surface area contributed by atoms with Crippen LogP contribution in [0.5, 0.6) is 0 Å². The van der Waals surface area contributed by atoms with Gasteiger partial charge >= 0.3 is 0 Å². The Morgan fingerprint density at radius 2 is 1.56 bits per heavy atom. The largest absolute Gasteiger partial charge is 0.389 e. The van der Waals surface area contributed by atoms with Crippen molar-refractivity contribution in [1.82, 2.24) is 9.55 Å². The van der Waals surface area contributed by atoms with Crippen LogP contribution >= 0.6 is 11.6 Å². The van der Waals surface area contributed by atoms with Gasteiger partial charge in [0.15, 0.2) is 0 Å². The molecule has 8 heteroatoms. The van der Waals surface area contributed by atoms with Gasteiger partial charge in [-0.3, -0.25) is 9.36 Å². The second-order valence-corrected chi connectivity index (χ2v) is 7.77. The van der Waals surface area contributed by atoms with Crippen molar-refractivity contribution in [2.45, 2.75) is 18.8 Å². The van der Waals surface area contributed by atoms with Crippen molar-refractivity contribution >= 4 is 22.5 Å². The van der Waals surface area contributed by atoms with E-state index in [2.05, 4.69) is 4.98 Å². The lowest BCUT2D eigenvalue weighted by Crippen LogP contribution is -2.30. The normalized spacial score (nSPS) is 12.4. The van der Waals surface area contributed by atoms with E-state index >= 15 is 0 Å². The number of rotatable bonds is 7. The first-order valence-corrected chi connectivity index (χ1v) is 10.2. The third-order valence-electron chi connectivity index (χ3n) is 5.00. The molecular formula is C24H19ClF2N2O3. The Balaban J connectivity index is 1.51. The van der Waals surface area contributed by atoms with E-state index in [1.54, 1.807) is 42.5 Å². The van der Waals surface area contributed by atoms with Gasteiger partial charge in [-0.15, -0.1) is 0 Å². The van der Waals surface area contributed by atoms with Crippen LogP contribution in [-0.4, -0.2) is 27.4 Å². The quantitative estimate of drug-likeness (QED) is 0.445. The molecule has 0 bridgehead atoms. The first-order chi connectivity index (χ1) is 15.4. The lowest BCUT2D eigenvalue weighted by Gasteiger charge is -2.21. The Morgan fingerprint density at radius 3 is 2.16 bits per heavy atom. The van der Waals surface area contributed by atoms with Crippen LogP contribution in [0.25, 0.3) is 10.9 Å². The van der Waals surface area contributed by atoms with E-state index in [4.69, 9.17) is 16.3 Å². The topological polar surface area (TPSA) is 64.4 Å². The first kappa shape index (κ1) is 22.1. The maximum absolute atomic E-state index is 13.4. The second kappa shape index (κ2) is 9.56. The Kier molecular flexibility index (Phi) is 6.60. The number of fused-ring (bicyclic) bond motifs is 1. The fourth-order valence-electron chi connectivity index (χ4n) is 3.41. The zero-order chi connectivity index (χ0) is 22.7. The minimum atomic E-state index is -1.03. The van der Waals surface area contributed by atoms with E-state index in [0.717, 1.165) is 0 Å². The van der Waals surface area contributed by atoms with Crippen LogP contribution in [0, 0.1) is 11.6 Å². The number of nitrogens with zero attached hydrogens (tertiary/aromatic N) is 2. The molecule has 0 radical (unpaired) electrons. The van der Waals surface area contributed by atoms with E-state index in [9.17, 15) is 18.7 Å². The van der Waals surface area contributed by atoms with E-state index in [1.165, 1.54) is 35.2 Å². The van der Waals surface area contributed by atoms with Crippen molar-refractivity contribution < 1.29 is 18.6 Å². The Labute approximate surface area is 187 Å². The summed E-state index contributed by atoms with van der Waals surface area (Å²) in [5, 5.41) is 11.4. The number of ether oxygens (including phenoxy) is 1.